The summed E-state index contributed by atoms with van der Waals surface area (Å²) in [4.78, 5) is 6.06. The summed E-state index contributed by atoms with van der Waals surface area (Å²) in [5, 5.41) is 35.0. The van der Waals surface area contributed by atoms with E-state index < -0.39 is 18.1 Å². The van der Waals surface area contributed by atoms with Gasteiger partial charge in [0, 0.05) is 25.1 Å². The Kier molecular flexibility index (Phi) is 5.00. The van der Waals surface area contributed by atoms with Crippen LogP contribution < -0.4 is 0 Å². The maximum absolute atomic E-state index is 11.3. The van der Waals surface area contributed by atoms with Crippen molar-refractivity contribution in [3.05, 3.63) is 40.6 Å². The normalized spacial score (nSPS) is 29.2. The largest absolute Gasteiger partial charge is 0.510 e. The molecule has 27 heavy (non-hydrogen) atoms. The Hall–Kier alpha value is -1.48. The zero-order chi connectivity index (χ0) is 19.2. The van der Waals surface area contributed by atoms with Crippen LogP contribution in [0.25, 0.3) is 5.57 Å². The summed E-state index contributed by atoms with van der Waals surface area (Å²) in [5.74, 6) is 0.132. The molecule has 4 rings (SSSR count). The fourth-order valence-corrected chi connectivity index (χ4v) is 4.45. The SMILES string of the molecule is Cc1ccc(C2=C(O)C3(CCN(O)CC3)N(OC3CCCO3)C2O)c(C)c1. The lowest BCUT2D eigenvalue weighted by Crippen LogP contribution is -2.56. The highest BCUT2D eigenvalue weighted by Crippen LogP contribution is 2.48. The third kappa shape index (κ3) is 3.18. The first-order valence-corrected chi connectivity index (χ1v) is 9.63. The molecule has 2 fully saturated rings. The van der Waals surface area contributed by atoms with Gasteiger partial charge in [0.2, 0.25) is 0 Å². The average molecular weight is 376 g/mol. The monoisotopic (exact) mass is 376 g/mol. The summed E-state index contributed by atoms with van der Waals surface area (Å²) < 4.78 is 5.60. The molecule has 2 atom stereocenters. The minimum Gasteiger partial charge on any atom is -0.510 e. The molecule has 0 radical (unpaired) electrons. The molecule has 0 aromatic heterocycles. The maximum Gasteiger partial charge on any atom is 0.177 e. The van der Waals surface area contributed by atoms with E-state index in [0.717, 1.165) is 29.5 Å². The summed E-state index contributed by atoms with van der Waals surface area (Å²) in [6.07, 6.45) is 1.05. The van der Waals surface area contributed by atoms with Crippen molar-refractivity contribution in [2.45, 2.75) is 57.6 Å². The Morgan fingerprint density at radius 3 is 2.59 bits per heavy atom. The second-order valence-electron chi connectivity index (χ2n) is 7.81. The molecule has 148 valence electrons. The Labute approximate surface area is 159 Å². The molecule has 3 heterocycles. The molecular weight excluding hydrogens is 348 g/mol. The number of hydrogen-bond donors (Lipinski definition) is 3. The van der Waals surface area contributed by atoms with Crippen molar-refractivity contribution in [2.24, 2.45) is 0 Å². The number of hydrogen-bond acceptors (Lipinski definition) is 7. The first-order valence-electron chi connectivity index (χ1n) is 9.63. The first-order chi connectivity index (χ1) is 12.9. The van der Waals surface area contributed by atoms with Crippen LogP contribution in [0.5, 0.6) is 0 Å². The number of hydroxylamine groups is 4. The van der Waals surface area contributed by atoms with Crippen LogP contribution in [0.3, 0.4) is 0 Å². The van der Waals surface area contributed by atoms with E-state index in [4.69, 9.17) is 9.57 Å². The topological polar surface area (TPSA) is 85.6 Å². The number of benzene rings is 1. The molecule has 7 heteroatoms. The Morgan fingerprint density at radius 2 is 1.96 bits per heavy atom. The lowest BCUT2D eigenvalue weighted by Gasteiger charge is -2.43. The first kappa shape index (κ1) is 18.9. The van der Waals surface area contributed by atoms with Gasteiger partial charge in [0.05, 0.1) is 6.61 Å². The second kappa shape index (κ2) is 7.16. The molecular formula is C20H28N2O5. The van der Waals surface area contributed by atoms with Gasteiger partial charge in [0.15, 0.2) is 12.5 Å². The van der Waals surface area contributed by atoms with E-state index in [-0.39, 0.29) is 5.76 Å². The quantitative estimate of drug-likeness (QED) is 0.747. The molecule has 1 aromatic carbocycles. The van der Waals surface area contributed by atoms with Crippen LogP contribution in [0.4, 0.5) is 0 Å². The number of aliphatic hydroxyl groups is 2. The molecule has 3 N–H and O–H groups in total. The van der Waals surface area contributed by atoms with Crippen molar-refractivity contribution in [1.82, 2.24) is 10.1 Å². The number of aliphatic hydroxyl groups excluding tert-OH is 2. The van der Waals surface area contributed by atoms with Crippen LogP contribution in [0.2, 0.25) is 0 Å². The fourth-order valence-electron chi connectivity index (χ4n) is 4.45. The van der Waals surface area contributed by atoms with Crippen LogP contribution in [-0.2, 0) is 9.57 Å². The number of aryl methyl sites for hydroxylation is 2. The fraction of sp³-hybridized carbons (Fsp3) is 0.600. The number of rotatable bonds is 3. The van der Waals surface area contributed by atoms with E-state index in [1.807, 2.05) is 32.0 Å². The van der Waals surface area contributed by atoms with Crippen LogP contribution in [0.1, 0.15) is 42.4 Å². The molecule has 3 aliphatic heterocycles. The summed E-state index contributed by atoms with van der Waals surface area (Å²) in [7, 11) is 0. The average Bonchev–Trinajstić information content (AvgIpc) is 3.21. The van der Waals surface area contributed by atoms with E-state index in [0.29, 0.717) is 38.1 Å². The highest BCUT2D eigenvalue weighted by Gasteiger charge is 2.56. The van der Waals surface area contributed by atoms with E-state index in [1.165, 1.54) is 10.1 Å². The van der Waals surface area contributed by atoms with E-state index >= 15 is 0 Å². The summed E-state index contributed by atoms with van der Waals surface area (Å²) in [6, 6.07) is 5.95. The molecule has 1 aromatic rings. The predicted molar refractivity (Wildman–Crippen MR) is 98.7 cm³/mol. The molecule has 2 unspecified atom stereocenters. The Balaban J connectivity index is 1.74. The molecule has 0 aliphatic carbocycles. The molecule has 2 saturated heterocycles. The van der Waals surface area contributed by atoms with Crippen LogP contribution in [0.15, 0.2) is 24.0 Å². The molecule has 0 bridgehead atoms. The van der Waals surface area contributed by atoms with Crippen LogP contribution in [0, 0.1) is 13.8 Å². The van der Waals surface area contributed by atoms with Gasteiger partial charge in [-0.05, 0) is 44.2 Å². The third-order valence-electron chi connectivity index (χ3n) is 5.96. The van der Waals surface area contributed by atoms with Gasteiger partial charge in [-0.15, -0.1) is 5.06 Å². The van der Waals surface area contributed by atoms with Gasteiger partial charge in [-0.1, -0.05) is 23.8 Å². The Bertz CT molecular complexity index is 736. The summed E-state index contributed by atoms with van der Waals surface area (Å²) in [5.41, 5.74) is 2.55. The number of piperidine rings is 1. The zero-order valence-corrected chi connectivity index (χ0v) is 15.9. The molecule has 1 spiro atoms. The molecule has 3 aliphatic rings. The second-order valence-corrected chi connectivity index (χ2v) is 7.81. The van der Waals surface area contributed by atoms with Crippen molar-refractivity contribution in [2.75, 3.05) is 19.7 Å². The number of ether oxygens (including phenoxy) is 1. The standard InChI is InChI=1S/C20H28N2O5/c1-13-5-6-15(14(2)12-13)17-18(23)20(7-9-21(25)10-8-20)22(19(17)24)27-16-4-3-11-26-16/h5-6,12,16,19,23-25H,3-4,7-11H2,1-2H3. The number of nitrogens with zero attached hydrogens (tertiary/aromatic N) is 2. The van der Waals surface area contributed by atoms with E-state index in [9.17, 15) is 15.4 Å². The van der Waals surface area contributed by atoms with Gasteiger partial charge < -0.3 is 20.2 Å². The van der Waals surface area contributed by atoms with Crippen molar-refractivity contribution >= 4 is 5.57 Å². The van der Waals surface area contributed by atoms with E-state index in [1.54, 1.807) is 0 Å². The highest BCUT2D eigenvalue weighted by molar-refractivity contribution is 5.76. The molecule has 0 saturated carbocycles. The summed E-state index contributed by atoms with van der Waals surface area (Å²) >= 11 is 0. The van der Waals surface area contributed by atoms with Gasteiger partial charge in [-0.2, -0.15) is 5.06 Å². The van der Waals surface area contributed by atoms with Crippen LogP contribution >= 0.6 is 0 Å². The van der Waals surface area contributed by atoms with Crippen molar-refractivity contribution in [1.29, 1.82) is 0 Å². The Morgan fingerprint density at radius 1 is 1.22 bits per heavy atom. The minimum atomic E-state index is -1.10. The molecule has 7 nitrogen and oxygen atoms in total. The minimum absolute atomic E-state index is 0.132. The van der Waals surface area contributed by atoms with E-state index in [2.05, 4.69) is 0 Å². The van der Waals surface area contributed by atoms with Gasteiger partial charge in [-0.25, -0.2) is 0 Å². The smallest absolute Gasteiger partial charge is 0.177 e. The lowest BCUT2D eigenvalue weighted by atomic mass is 9.85. The van der Waals surface area contributed by atoms with Gasteiger partial charge in [0.25, 0.3) is 0 Å². The van der Waals surface area contributed by atoms with Crippen LogP contribution in [-0.4, -0.2) is 63.3 Å². The highest BCUT2D eigenvalue weighted by atomic mass is 16.8. The predicted octanol–water partition coefficient (Wildman–Crippen LogP) is 2.50. The summed E-state index contributed by atoms with van der Waals surface area (Å²) in [6.45, 7) is 5.41. The zero-order valence-electron chi connectivity index (χ0n) is 15.9. The lowest BCUT2D eigenvalue weighted by molar-refractivity contribution is -0.337. The van der Waals surface area contributed by atoms with Gasteiger partial charge >= 0.3 is 0 Å². The van der Waals surface area contributed by atoms with Gasteiger partial charge in [0.1, 0.15) is 11.3 Å². The van der Waals surface area contributed by atoms with Crippen molar-refractivity contribution in [3.63, 3.8) is 0 Å². The maximum atomic E-state index is 11.3. The van der Waals surface area contributed by atoms with Gasteiger partial charge in [-0.3, -0.25) is 4.84 Å². The third-order valence-corrected chi connectivity index (χ3v) is 5.96. The van der Waals surface area contributed by atoms with Crippen molar-refractivity contribution < 1.29 is 25.0 Å². The van der Waals surface area contributed by atoms with Crippen molar-refractivity contribution in [3.8, 4) is 0 Å². The molecule has 0 amide bonds.